The van der Waals surface area contributed by atoms with Gasteiger partial charge in [-0.3, -0.25) is 4.79 Å². The third-order valence-corrected chi connectivity index (χ3v) is 5.31. The Morgan fingerprint density at radius 1 is 1.17 bits per heavy atom. The van der Waals surface area contributed by atoms with Gasteiger partial charge in [-0.15, -0.1) is 0 Å². The van der Waals surface area contributed by atoms with Crippen LogP contribution in [0.15, 0.2) is 48.2 Å². The van der Waals surface area contributed by atoms with E-state index in [1.165, 1.54) is 31.1 Å². The van der Waals surface area contributed by atoms with Crippen LogP contribution >= 0.6 is 0 Å². The molecule has 1 fully saturated rings. The van der Waals surface area contributed by atoms with E-state index < -0.39 is 5.97 Å². The summed E-state index contributed by atoms with van der Waals surface area (Å²) in [6.07, 6.45) is 7.29. The van der Waals surface area contributed by atoms with Crippen LogP contribution in [-0.2, 0) is 9.59 Å². The molecule has 0 aromatic heterocycles. The van der Waals surface area contributed by atoms with Crippen molar-refractivity contribution >= 4 is 18.0 Å². The summed E-state index contributed by atoms with van der Waals surface area (Å²) in [5.41, 5.74) is 1.13. The molecule has 2 aromatic carbocycles. The number of carboxylic acid groups (broad SMARTS) is 1. The van der Waals surface area contributed by atoms with Crippen LogP contribution in [-0.4, -0.2) is 17.0 Å². The van der Waals surface area contributed by atoms with Crippen LogP contribution in [0.5, 0.6) is 11.5 Å². The molecule has 0 radical (unpaired) electrons. The molecule has 5 nitrogen and oxygen atoms in total. The Bertz CT molecular complexity index is 931. The van der Waals surface area contributed by atoms with Gasteiger partial charge in [-0.25, -0.2) is 9.18 Å². The number of rotatable bonds is 8. The molecule has 30 heavy (non-hydrogen) atoms. The van der Waals surface area contributed by atoms with Gasteiger partial charge in [-0.2, -0.15) is 0 Å². The van der Waals surface area contributed by atoms with Crippen molar-refractivity contribution in [1.29, 1.82) is 0 Å². The molecule has 0 saturated heterocycles. The van der Waals surface area contributed by atoms with Gasteiger partial charge >= 0.3 is 5.97 Å². The molecule has 1 saturated carbocycles. The van der Waals surface area contributed by atoms with Crippen LogP contribution in [0, 0.1) is 18.7 Å². The van der Waals surface area contributed by atoms with E-state index in [1.54, 1.807) is 37.3 Å². The Labute approximate surface area is 175 Å². The van der Waals surface area contributed by atoms with Crippen molar-refractivity contribution < 1.29 is 23.8 Å². The zero-order valence-corrected chi connectivity index (χ0v) is 17.0. The molecule has 6 heteroatoms. The van der Waals surface area contributed by atoms with E-state index >= 15 is 0 Å². The van der Waals surface area contributed by atoms with Crippen LogP contribution in [0.3, 0.4) is 0 Å². The number of aliphatic carboxylic acids is 1. The van der Waals surface area contributed by atoms with Crippen molar-refractivity contribution in [3.05, 3.63) is 65.1 Å². The largest absolute Gasteiger partial charge is 0.477 e. The minimum Gasteiger partial charge on any atom is -0.477 e. The topological polar surface area (TPSA) is 75.6 Å². The number of halogens is 1. The van der Waals surface area contributed by atoms with E-state index in [0.717, 1.165) is 19.3 Å². The van der Waals surface area contributed by atoms with Crippen molar-refractivity contribution in [2.75, 3.05) is 0 Å². The van der Waals surface area contributed by atoms with Crippen molar-refractivity contribution in [3.63, 3.8) is 0 Å². The summed E-state index contributed by atoms with van der Waals surface area (Å²) >= 11 is 0. The van der Waals surface area contributed by atoms with Gasteiger partial charge in [-0.05, 0) is 66.8 Å². The summed E-state index contributed by atoms with van der Waals surface area (Å²) in [6.45, 7) is 1.75. The van der Waals surface area contributed by atoms with Crippen LogP contribution < -0.4 is 10.1 Å². The summed E-state index contributed by atoms with van der Waals surface area (Å²) in [5, 5.41) is 11.9. The van der Waals surface area contributed by atoms with E-state index in [2.05, 4.69) is 5.32 Å². The quantitative estimate of drug-likeness (QED) is 0.567. The molecule has 158 valence electrons. The van der Waals surface area contributed by atoms with Crippen molar-refractivity contribution in [3.8, 4) is 11.5 Å². The number of hydrogen-bond acceptors (Lipinski definition) is 3. The number of benzene rings is 2. The molecule has 1 aliphatic rings. The molecule has 0 aliphatic heterocycles. The lowest BCUT2D eigenvalue weighted by molar-refractivity contribution is -0.134. The molecule has 1 aliphatic carbocycles. The van der Waals surface area contributed by atoms with Gasteiger partial charge in [0.1, 0.15) is 23.0 Å². The molecule has 1 amide bonds. The van der Waals surface area contributed by atoms with Crippen LogP contribution in [0.25, 0.3) is 6.08 Å². The smallest absolute Gasteiger partial charge is 0.352 e. The number of amides is 1. The van der Waals surface area contributed by atoms with Gasteiger partial charge < -0.3 is 15.2 Å². The number of aryl methyl sites for hydroxylation is 1. The maximum absolute atomic E-state index is 13.2. The summed E-state index contributed by atoms with van der Waals surface area (Å²) in [7, 11) is 0. The molecular formula is C24H26FNO4. The fraction of sp³-hybridized carbons (Fsp3) is 0.333. The highest BCUT2D eigenvalue weighted by Crippen LogP contribution is 2.28. The minimum absolute atomic E-state index is 0.158. The van der Waals surface area contributed by atoms with E-state index in [1.807, 2.05) is 0 Å². The van der Waals surface area contributed by atoms with E-state index in [4.69, 9.17) is 4.74 Å². The molecule has 0 bridgehead atoms. The Hall–Kier alpha value is -3.15. The zero-order chi connectivity index (χ0) is 21.5. The molecule has 0 unspecified atom stereocenters. The van der Waals surface area contributed by atoms with E-state index in [-0.39, 0.29) is 17.4 Å². The van der Waals surface area contributed by atoms with Crippen LogP contribution in [0.2, 0.25) is 0 Å². The third kappa shape index (κ3) is 6.17. The summed E-state index contributed by atoms with van der Waals surface area (Å²) in [6, 6.07) is 11.0. The summed E-state index contributed by atoms with van der Waals surface area (Å²) in [5.74, 6) is -0.134. The second kappa shape index (κ2) is 10.1. The second-order valence-electron chi connectivity index (χ2n) is 7.68. The Morgan fingerprint density at radius 2 is 1.87 bits per heavy atom. The van der Waals surface area contributed by atoms with Crippen molar-refractivity contribution in [2.45, 2.75) is 45.4 Å². The predicted molar refractivity (Wildman–Crippen MR) is 113 cm³/mol. The first-order chi connectivity index (χ1) is 14.4. The van der Waals surface area contributed by atoms with Gasteiger partial charge in [0.15, 0.2) is 0 Å². The summed E-state index contributed by atoms with van der Waals surface area (Å²) < 4.78 is 18.9. The van der Waals surface area contributed by atoms with Crippen LogP contribution in [0.1, 0.15) is 49.7 Å². The predicted octanol–water partition coefficient (Wildman–Crippen LogP) is 5.44. The van der Waals surface area contributed by atoms with E-state index in [9.17, 15) is 19.1 Å². The second-order valence-corrected chi connectivity index (χ2v) is 7.68. The van der Waals surface area contributed by atoms with E-state index in [0.29, 0.717) is 35.0 Å². The van der Waals surface area contributed by atoms with Gasteiger partial charge in [0.05, 0.1) is 0 Å². The monoisotopic (exact) mass is 411 g/mol. The molecule has 0 atom stereocenters. The first-order valence-corrected chi connectivity index (χ1v) is 10.2. The number of hydrogen-bond donors (Lipinski definition) is 2. The Morgan fingerprint density at radius 3 is 2.50 bits per heavy atom. The van der Waals surface area contributed by atoms with Crippen molar-refractivity contribution in [1.82, 2.24) is 5.32 Å². The number of carbonyl (C=O) groups excluding carboxylic acids is 1. The lowest BCUT2D eigenvalue weighted by Crippen LogP contribution is -2.27. The maximum Gasteiger partial charge on any atom is 0.352 e. The lowest BCUT2D eigenvalue weighted by atomic mass is 10.0. The first-order valence-electron chi connectivity index (χ1n) is 10.2. The fourth-order valence-corrected chi connectivity index (χ4v) is 3.65. The standard InChI is InChI=1S/C24H26FNO4/c1-16-14-19(25)9-12-22(16)30-20-10-6-18(7-11-20)15-21(24(28)29)26-23(27)13-8-17-4-2-3-5-17/h6-7,9-12,14-15,17H,2-5,8,13H2,1H3,(H,26,27)(H,28,29)/b21-15+. The van der Waals surface area contributed by atoms with Gasteiger partial charge in [0.2, 0.25) is 5.91 Å². The zero-order valence-electron chi connectivity index (χ0n) is 17.0. The summed E-state index contributed by atoms with van der Waals surface area (Å²) in [4.78, 5) is 23.7. The molecule has 0 heterocycles. The Balaban J connectivity index is 1.62. The highest BCUT2D eigenvalue weighted by molar-refractivity contribution is 5.96. The minimum atomic E-state index is -1.19. The third-order valence-electron chi connectivity index (χ3n) is 5.31. The number of carbonyl (C=O) groups is 2. The Kier molecular flexibility index (Phi) is 7.22. The lowest BCUT2D eigenvalue weighted by Gasteiger charge is -2.10. The highest BCUT2D eigenvalue weighted by Gasteiger charge is 2.17. The fourth-order valence-electron chi connectivity index (χ4n) is 3.65. The molecule has 3 rings (SSSR count). The number of carboxylic acids is 1. The number of nitrogens with one attached hydrogen (secondary N) is 1. The van der Waals surface area contributed by atoms with Gasteiger partial charge in [0.25, 0.3) is 0 Å². The molecular weight excluding hydrogens is 385 g/mol. The van der Waals surface area contributed by atoms with Gasteiger partial charge in [0, 0.05) is 6.42 Å². The number of ether oxygens (including phenoxy) is 1. The van der Waals surface area contributed by atoms with Crippen molar-refractivity contribution in [2.24, 2.45) is 5.92 Å². The first kappa shape index (κ1) is 21.6. The average Bonchev–Trinajstić information content (AvgIpc) is 3.23. The maximum atomic E-state index is 13.2. The normalized spacial score (nSPS) is 14.5. The molecule has 2 aromatic rings. The highest BCUT2D eigenvalue weighted by atomic mass is 19.1. The SMILES string of the molecule is Cc1cc(F)ccc1Oc1ccc(/C=C(/NC(=O)CCC2CCCC2)C(=O)O)cc1. The molecule has 0 spiro atoms. The molecule has 2 N–H and O–H groups in total. The van der Waals surface area contributed by atoms with Crippen LogP contribution in [0.4, 0.5) is 4.39 Å². The van der Waals surface area contributed by atoms with Gasteiger partial charge in [-0.1, -0.05) is 37.8 Å². The average molecular weight is 411 g/mol.